The van der Waals surface area contributed by atoms with Gasteiger partial charge >= 0.3 is 6.09 Å². The molecule has 1 saturated heterocycles. The van der Waals surface area contributed by atoms with Crippen LogP contribution in [0.3, 0.4) is 0 Å². The molecule has 1 amide bonds. The Balaban J connectivity index is 1.75. The number of carbonyl (C=O) groups is 1. The number of nitrogens with zero attached hydrogens (tertiary/aromatic N) is 1. The van der Waals surface area contributed by atoms with Crippen molar-refractivity contribution in [3.63, 3.8) is 0 Å². The largest absolute Gasteiger partial charge is 0.444 e. The molecule has 2 rings (SSSR count). The van der Waals surface area contributed by atoms with Gasteiger partial charge in [-0.15, -0.1) is 0 Å². The van der Waals surface area contributed by atoms with Crippen molar-refractivity contribution in [2.24, 2.45) is 0 Å². The lowest BCUT2D eigenvalue weighted by Gasteiger charge is -2.32. The van der Waals surface area contributed by atoms with E-state index in [-0.39, 0.29) is 12.1 Å². The van der Waals surface area contributed by atoms with Crippen LogP contribution in [0.15, 0.2) is 24.3 Å². The number of hydrogen-bond acceptors (Lipinski definition) is 3. The molecule has 1 aliphatic rings. The summed E-state index contributed by atoms with van der Waals surface area (Å²) in [5.74, 6) is 0. The van der Waals surface area contributed by atoms with Crippen LogP contribution >= 0.6 is 11.6 Å². The van der Waals surface area contributed by atoms with E-state index in [9.17, 15) is 4.79 Å². The van der Waals surface area contributed by atoms with Crippen molar-refractivity contribution in [1.82, 2.24) is 10.2 Å². The quantitative estimate of drug-likeness (QED) is 0.918. The SMILES string of the molecule is CC(C)(C)OC(=O)NC1CCN(Cc2cccc(Cl)c2)CC1. The third-order valence-electron chi connectivity index (χ3n) is 3.60. The van der Waals surface area contributed by atoms with Gasteiger partial charge in [0.25, 0.3) is 0 Å². The maximum atomic E-state index is 11.8. The van der Waals surface area contributed by atoms with Gasteiger partial charge in [0.2, 0.25) is 0 Å². The van der Waals surface area contributed by atoms with Crippen molar-refractivity contribution in [3.05, 3.63) is 34.9 Å². The third kappa shape index (κ3) is 5.85. The lowest BCUT2D eigenvalue weighted by atomic mass is 10.0. The molecule has 1 aromatic carbocycles. The average molecular weight is 325 g/mol. The highest BCUT2D eigenvalue weighted by atomic mass is 35.5. The van der Waals surface area contributed by atoms with Crippen LogP contribution in [0.1, 0.15) is 39.2 Å². The van der Waals surface area contributed by atoms with Crippen molar-refractivity contribution in [3.8, 4) is 0 Å². The molecular weight excluding hydrogens is 300 g/mol. The molecule has 0 bridgehead atoms. The standard InChI is InChI=1S/C17H25ClN2O2/c1-17(2,3)22-16(21)19-15-7-9-20(10-8-15)12-13-5-4-6-14(18)11-13/h4-6,11,15H,7-10,12H2,1-3H3,(H,19,21). The van der Waals surface area contributed by atoms with Crippen LogP contribution < -0.4 is 5.32 Å². The number of ether oxygens (including phenoxy) is 1. The van der Waals surface area contributed by atoms with Gasteiger partial charge in [0.1, 0.15) is 5.60 Å². The minimum absolute atomic E-state index is 0.200. The molecule has 0 spiro atoms. The number of nitrogens with one attached hydrogen (secondary N) is 1. The minimum atomic E-state index is -0.447. The van der Waals surface area contributed by atoms with Crippen LogP contribution in [0.2, 0.25) is 5.02 Å². The first-order chi connectivity index (χ1) is 10.3. The second-order valence-electron chi connectivity index (χ2n) is 6.83. The number of alkyl carbamates (subject to hydrolysis) is 1. The molecule has 4 nitrogen and oxygen atoms in total. The first-order valence-corrected chi connectivity index (χ1v) is 8.16. The van der Waals surface area contributed by atoms with Crippen LogP contribution in [0.5, 0.6) is 0 Å². The molecule has 22 heavy (non-hydrogen) atoms. The van der Waals surface area contributed by atoms with Gasteiger partial charge < -0.3 is 10.1 Å². The molecule has 5 heteroatoms. The van der Waals surface area contributed by atoms with Crippen molar-refractivity contribution in [2.75, 3.05) is 13.1 Å². The molecular formula is C17H25ClN2O2. The molecule has 0 aliphatic carbocycles. The normalized spacial score (nSPS) is 17.3. The molecule has 122 valence electrons. The van der Waals surface area contributed by atoms with Gasteiger partial charge in [0.05, 0.1) is 0 Å². The van der Waals surface area contributed by atoms with E-state index in [1.54, 1.807) is 0 Å². The smallest absolute Gasteiger partial charge is 0.407 e. The molecule has 1 heterocycles. The van der Waals surface area contributed by atoms with E-state index in [4.69, 9.17) is 16.3 Å². The number of rotatable bonds is 3. The number of likely N-dealkylation sites (tertiary alicyclic amines) is 1. The van der Waals surface area contributed by atoms with E-state index < -0.39 is 5.60 Å². The van der Waals surface area contributed by atoms with E-state index in [0.717, 1.165) is 37.5 Å². The first-order valence-electron chi connectivity index (χ1n) is 7.78. The second-order valence-corrected chi connectivity index (χ2v) is 7.26. The lowest BCUT2D eigenvalue weighted by Crippen LogP contribution is -2.45. The second kappa shape index (κ2) is 7.34. The first kappa shape index (κ1) is 17.1. The van der Waals surface area contributed by atoms with Crippen molar-refractivity contribution in [2.45, 2.75) is 51.8 Å². The molecule has 0 radical (unpaired) electrons. The van der Waals surface area contributed by atoms with E-state index in [2.05, 4.69) is 16.3 Å². The van der Waals surface area contributed by atoms with Crippen molar-refractivity contribution < 1.29 is 9.53 Å². The maximum absolute atomic E-state index is 11.8. The van der Waals surface area contributed by atoms with E-state index >= 15 is 0 Å². The Bertz CT molecular complexity index is 506. The molecule has 0 aromatic heterocycles. The van der Waals surface area contributed by atoms with Crippen LogP contribution in [0, 0.1) is 0 Å². The molecule has 1 fully saturated rings. The van der Waals surface area contributed by atoms with Crippen LogP contribution in [0.4, 0.5) is 4.79 Å². The minimum Gasteiger partial charge on any atom is -0.444 e. The summed E-state index contributed by atoms with van der Waals surface area (Å²) in [4.78, 5) is 14.2. The Kier molecular flexibility index (Phi) is 5.70. The predicted molar refractivity (Wildman–Crippen MR) is 89.1 cm³/mol. The summed E-state index contributed by atoms with van der Waals surface area (Å²) in [6, 6.07) is 8.17. The Hall–Kier alpha value is -1.26. The topological polar surface area (TPSA) is 41.6 Å². The highest BCUT2D eigenvalue weighted by Gasteiger charge is 2.23. The maximum Gasteiger partial charge on any atom is 0.407 e. The van der Waals surface area contributed by atoms with Crippen molar-refractivity contribution >= 4 is 17.7 Å². The fraction of sp³-hybridized carbons (Fsp3) is 0.588. The van der Waals surface area contributed by atoms with E-state index in [1.807, 2.05) is 39.0 Å². The number of hydrogen-bond donors (Lipinski definition) is 1. The zero-order chi connectivity index (χ0) is 16.2. The van der Waals surface area contributed by atoms with Gasteiger partial charge in [-0.2, -0.15) is 0 Å². The lowest BCUT2D eigenvalue weighted by molar-refractivity contribution is 0.0477. The Labute approximate surface area is 137 Å². The van der Waals surface area contributed by atoms with Gasteiger partial charge in [-0.1, -0.05) is 23.7 Å². The predicted octanol–water partition coefficient (Wildman–Crippen LogP) is 3.83. The summed E-state index contributed by atoms with van der Waals surface area (Å²) in [5, 5.41) is 3.74. The van der Waals surface area contributed by atoms with Gasteiger partial charge in [-0.25, -0.2) is 4.79 Å². The molecule has 1 N–H and O–H groups in total. The summed E-state index contributed by atoms with van der Waals surface area (Å²) in [6.45, 7) is 8.46. The Morgan fingerprint density at radius 2 is 2.05 bits per heavy atom. The van der Waals surface area contributed by atoms with Gasteiger partial charge in [0.15, 0.2) is 0 Å². The fourth-order valence-corrected chi connectivity index (χ4v) is 2.82. The summed E-state index contributed by atoms with van der Waals surface area (Å²) < 4.78 is 5.30. The fourth-order valence-electron chi connectivity index (χ4n) is 2.60. The van der Waals surface area contributed by atoms with Gasteiger partial charge in [-0.3, -0.25) is 4.90 Å². The number of piperidine rings is 1. The summed E-state index contributed by atoms with van der Waals surface area (Å²) in [7, 11) is 0. The third-order valence-corrected chi connectivity index (χ3v) is 3.84. The van der Waals surface area contributed by atoms with Crippen molar-refractivity contribution in [1.29, 1.82) is 0 Å². The monoisotopic (exact) mass is 324 g/mol. The van der Waals surface area contributed by atoms with E-state index in [1.165, 1.54) is 5.56 Å². The molecule has 0 atom stereocenters. The zero-order valence-corrected chi connectivity index (χ0v) is 14.3. The van der Waals surface area contributed by atoms with Gasteiger partial charge in [-0.05, 0) is 51.3 Å². The Morgan fingerprint density at radius 3 is 2.64 bits per heavy atom. The number of halogens is 1. The molecule has 1 aromatic rings. The number of carbonyl (C=O) groups excluding carboxylic acids is 1. The highest BCUT2D eigenvalue weighted by molar-refractivity contribution is 6.30. The summed E-state index contributed by atoms with van der Waals surface area (Å²) in [5.41, 5.74) is 0.781. The highest BCUT2D eigenvalue weighted by Crippen LogP contribution is 2.17. The molecule has 1 aliphatic heterocycles. The molecule has 0 saturated carbocycles. The van der Waals surface area contributed by atoms with Crippen LogP contribution in [-0.2, 0) is 11.3 Å². The summed E-state index contributed by atoms with van der Waals surface area (Å²) in [6.07, 6.45) is 1.57. The van der Waals surface area contributed by atoms with E-state index in [0.29, 0.717) is 0 Å². The number of amides is 1. The molecule has 0 unspecified atom stereocenters. The zero-order valence-electron chi connectivity index (χ0n) is 13.6. The number of benzene rings is 1. The van der Waals surface area contributed by atoms with Crippen LogP contribution in [-0.4, -0.2) is 35.7 Å². The van der Waals surface area contributed by atoms with Crippen LogP contribution in [0.25, 0.3) is 0 Å². The summed E-state index contributed by atoms with van der Waals surface area (Å²) >= 11 is 6.02. The Morgan fingerprint density at radius 1 is 1.36 bits per heavy atom. The average Bonchev–Trinajstić information content (AvgIpc) is 2.39. The van der Waals surface area contributed by atoms with Gasteiger partial charge in [0, 0.05) is 30.7 Å².